The Morgan fingerprint density at radius 3 is 2.64 bits per heavy atom. The molecular formula is C26H29FN4O2. The SMILES string of the molecule is Cc1ccc(Nc2c(-c3ccc(F)cc3)nc3n2CCN(C(=O)CC2CCCCO2)C3)cc1. The van der Waals surface area contributed by atoms with E-state index in [1.54, 1.807) is 12.1 Å². The fourth-order valence-corrected chi connectivity index (χ4v) is 4.55. The van der Waals surface area contributed by atoms with Crippen molar-refractivity contribution in [2.75, 3.05) is 18.5 Å². The third kappa shape index (κ3) is 4.78. The van der Waals surface area contributed by atoms with Gasteiger partial charge in [0.15, 0.2) is 0 Å². The lowest BCUT2D eigenvalue weighted by Gasteiger charge is -2.30. The van der Waals surface area contributed by atoms with Gasteiger partial charge in [0, 0.05) is 30.9 Å². The first-order valence-electron chi connectivity index (χ1n) is 11.7. The highest BCUT2D eigenvalue weighted by Crippen LogP contribution is 2.33. The molecule has 2 aliphatic heterocycles. The highest BCUT2D eigenvalue weighted by Gasteiger charge is 2.28. The van der Waals surface area contributed by atoms with Gasteiger partial charge in [-0.05, 0) is 62.6 Å². The maximum absolute atomic E-state index is 13.6. The largest absolute Gasteiger partial charge is 0.378 e. The number of hydrogen-bond acceptors (Lipinski definition) is 4. The highest BCUT2D eigenvalue weighted by molar-refractivity contribution is 5.78. The molecule has 2 aliphatic rings. The predicted octanol–water partition coefficient (Wildman–Crippen LogP) is 5.04. The molecule has 1 N–H and O–H groups in total. The van der Waals surface area contributed by atoms with Crippen LogP contribution < -0.4 is 5.32 Å². The molecule has 0 saturated carbocycles. The Bertz CT molecular complexity index is 1120. The normalized spacial score (nSPS) is 18.1. The summed E-state index contributed by atoms with van der Waals surface area (Å²) in [7, 11) is 0. The number of aryl methyl sites for hydroxylation is 1. The summed E-state index contributed by atoms with van der Waals surface area (Å²) in [6, 6.07) is 14.6. The summed E-state index contributed by atoms with van der Waals surface area (Å²) in [5.41, 5.74) is 3.74. The zero-order valence-electron chi connectivity index (χ0n) is 18.9. The van der Waals surface area contributed by atoms with E-state index < -0.39 is 0 Å². The van der Waals surface area contributed by atoms with Gasteiger partial charge in [0.25, 0.3) is 0 Å². The van der Waals surface area contributed by atoms with Crippen molar-refractivity contribution < 1.29 is 13.9 Å². The molecule has 3 aromatic rings. The first-order chi connectivity index (χ1) is 16.1. The molecule has 0 spiro atoms. The molecule has 1 amide bonds. The molecular weight excluding hydrogens is 419 g/mol. The zero-order chi connectivity index (χ0) is 22.8. The van der Waals surface area contributed by atoms with Gasteiger partial charge < -0.3 is 19.5 Å². The Morgan fingerprint density at radius 2 is 1.91 bits per heavy atom. The second-order valence-corrected chi connectivity index (χ2v) is 8.88. The smallest absolute Gasteiger partial charge is 0.225 e. The second kappa shape index (κ2) is 9.35. The maximum atomic E-state index is 13.6. The monoisotopic (exact) mass is 448 g/mol. The Hall–Kier alpha value is -3.19. The molecule has 1 unspecified atom stereocenters. The predicted molar refractivity (Wildman–Crippen MR) is 126 cm³/mol. The van der Waals surface area contributed by atoms with Crippen LogP contribution in [-0.2, 0) is 22.6 Å². The standard InChI is InChI=1S/C26H29FN4O2/c1-18-5-11-21(12-6-18)28-26-25(19-7-9-20(27)10-8-19)29-23-17-30(13-14-31(23)26)24(32)16-22-4-2-3-15-33-22/h5-12,22,28H,2-4,13-17H2,1H3. The van der Waals surface area contributed by atoms with Gasteiger partial charge in [0.2, 0.25) is 5.91 Å². The van der Waals surface area contributed by atoms with E-state index in [4.69, 9.17) is 9.72 Å². The molecule has 3 heterocycles. The van der Waals surface area contributed by atoms with Crippen molar-refractivity contribution in [2.45, 2.75) is 51.8 Å². The van der Waals surface area contributed by atoms with Crippen molar-refractivity contribution in [3.05, 3.63) is 65.7 Å². The third-order valence-electron chi connectivity index (χ3n) is 6.43. The van der Waals surface area contributed by atoms with Crippen LogP contribution in [0.2, 0.25) is 0 Å². The molecule has 2 aromatic carbocycles. The van der Waals surface area contributed by atoms with Crippen LogP contribution in [0.3, 0.4) is 0 Å². The molecule has 5 rings (SSSR count). The number of nitrogens with one attached hydrogen (secondary N) is 1. The van der Waals surface area contributed by atoms with Crippen molar-refractivity contribution in [1.29, 1.82) is 0 Å². The number of anilines is 2. The second-order valence-electron chi connectivity index (χ2n) is 8.88. The fourth-order valence-electron chi connectivity index (χ4n) is 4.55. The molecule has 1 atom stereocenters. The summed E-state index contributed by atoms with van der Waals surface area (Å²) in [5, 5.41) is 3.51. The minimum Gasteiger partial charge on any atom is -0.378 e. The van der Waals surface area contributed by atoms with Gasteiger partial charge in [0.1, 0.15) is 23.2 Å². The van der Waals surface area contributed by atoms with E-state index >= 15 is 0 Å². The minimum absolute atomic E-state index is 0.0291. The van der Waals surface area contributed by atoms with Crippen LogP contribution in [0.15, 0.2) is 48.5 Å². The van der Waals surface area contributed by atoms with E-state index in [2.05, 4.69) is 28.9 Å². The summed E-state index contributed by atoms with van der Waals surface area (Å²) >= 11 is 0. The number of imidazole rings is 1. The molecule has 1 fully saturated rings. The fraction of sp³-hybridized carbons (Fsp3) is 0.385. The molecule has 0 radical (unpaired) electrons. The van der Waals surface area contributed by atoms with Crippen molar-refractivity contribution in [1.82, 2.24) is 14.5 Å². The number of rotatable bonds is 5. The molecule has 172 valence electrons. The lowest BCUT2D eigenvalue weighted by Crippen LogP contribution is -2.40. The van der Waals surface area contributed by atoms with Crippen molar-refractivity contribution in [2.24, 2.45) is 0 Å². The number of carbonyl (C=O) groups excluding carboxylic acids is 1. The number of ether oxygens (including phenoxy) is 1. The number of aromatic nitrogens is 2. The first-order valence-corrected chi connectivity index (χ1v) is 11.7. The summed E-state index contributed by atoms with van der Waals surface area (Å²) in [6.07, 6.45) is 3.61. The number of halogens is 1. The van der Waals surface area contributed by atoms with E-state index in [0.29, 0.717) is 26.1 Å². The van der Waals surface area contributed by atoms with Crippen LogP contribution in [0.25, 0.3) is 11.3 Å². The van der Waals surface area contributed by atoms with Crippen LogP contribution >= 0.6 is 0 Å². The van der Waals surface area contributed by atoms with Crippen LogP contribution in [0.1, 0.15) is 37.1 Å². The number of nitrogens with zero attached hydrogens (tertiary/aromatic N) is 3. The van der Waals surface area contributed by atoms with Gasteiger partial charge >= 0.3 is 0 Å². The quantitative estimate of drug-likeness (QED) is 0.594. The average molecular weight is 449 g/mol. The summed E-state index contributed by atoms with van der Waals surface area (Å²) in [6.45, 7) is 4.53. The average Bonchev–Trinajstić information content (AvgIpc) is 3.19. The Labute approximate surface area is 193 Å². The molecule has 7 heteroatoms. The molecule has 6 nitrogen and oxygen atoms in total. The van der Waals surface area contributed by atoms with Gasteiger partial charge in [-0.3, -0.25) is 4.79 Å². The van der Waals surface area contributed by atoms with Gasteiger partial charge in [-0.15, -0.1) is 0 Å². The molecule has 0 bridgehead atoms. The number of benzene rings is 2. The Balaban J connectivity index is 1.42. The molecule has 0 aliphatic carbocycles. The van der Waals surface area contributed by atoms with Crippen LogP contribution in [0.4, 0.5) is 15.9 Å². The lowest BCUT2D eigenvalue weighted by atomic mass is 10.1. The van der Waals surface area contributed by atoms with Gasteiger partial charge in [-0.2, -0.15) is 0 Å². The third-order valence-corrected chi connectivity index (χ3v) is 6.43. The van der Waals surface area contributed by atoms with E-state index in [-0.39, 0.29) is 17.8 Å². The van der Waals surface area contributed by atoms with E-state index in [1.165, 1.54) is 17.7 Å². The van der Waals surface area contributed by atoms with Crippen molar-refractivity contribution >= 4 is 17.4 Å². The van der Waals surface area contributed by atoms with Gasteiger partial charge in [-0.25, -0.2) is 9.37 Å². The van der Waals surface area contributed by atoms with Crippen LogP contribution in [-0.4, -0.2) is 39.6 Å². The summed E-state index contributed by atoms with van der Waals surface area (Å²) < 4.78 is 21.5. The molecule has 1 saturated heterocycles. The van der Waals surface area contributed by atoms with E-state index in [0.717, 1.165) is 54.5 Å². The van der Waals surface area contributed by atoms with Crippen LogP contribution in [0.5, 0.6) is 0 Å². The maximum Gasteiger partial charge on any atom is 0.225 e. The number of fused-ring (bicyclic) bond motifs is 1. The van der Waals surface area contributed by atoms with E-state index in [1.807, 2.05) is 17.0 Å². The number of hydrogen-bond donors (Lipinski definition) is 1. The Morgan fingerprint density at radius 1 is 1.12 bits per heavy atom. The number of carbonyl (C=O) groups is 1. The zero-order valence-corrected chi connectivity index (χ0v) is 18.9. The summed E-state index contributed by atoms with van der Waals surface area (Å²) in [4.78, 5) is 19.7. The minimum atomic E-state index is -0.280. The Kier molecular flexibility index (Phi) is 6.13. The topological polar surface area (TPSA) is 59.4 Å². The number of amides is 1. The highest BCUT2D eigenvalue weighted by atomic mass is 19.1. The van der Waals surface area contributed by atoms with Crippen molar-refractivity contribution in [3.8, 4) is 11.3 Å². The molecule has 33 heavy (non-hydrogen) atoms. The van der Waals surface area contributed by atoms with Gasteiger partial charge in [-0.1, -0.05) is 17.7 Å². The van der Waals surface area contributed by atoms with Gasteiger partial charge in [0.05, 0.1) is 19.1 Å². The van der Waals surface area contributed by atoms with E-state index in [9.17, 15) is 9.18 Å². The molecule has 1 aromatic heterocycles. The van der Waals surface area contributed by atoms with Crippen molar-refractivity contribution in [3.63, 3.8) is 0 Å². The lowest BCUT2D eigenvalue weighted by molar-refractivity contribution is -0.136. The van der Waals surface area contributed by atoms with Crippen LogP contribution in [0, 0.1) is 12.7 Å². The first kappa shape index (κ1) is 21.6. The summed E-state index contributed by atoms with van der Waals surface area (Å²) in [5.74, 6) is 1.53.